The fraction of sp³-hybridized carbons (Fsp3) is 0.636. The Hall–Kier alpha value is -1.59. The molecule has 1 unspecified atom stereocenters. The van der Waals surface area contributed by atoms with Gasteiger partial charge in [0.25, 0.3) is 0 Å². The van der Waals surface area contributed by atoms with Gasteiger partial charge in [-0.15, -0.1) is 24.0 Å². The smallest absolute Gasteiger partial charge is 0.241 e. The highest BCUT2D eigenvalue weighted by atomic mass is 127. The molecule has 8 nitrogen and oxygen atoms in total. The Kier molecular flexibility index (Phi) is 9.83. The summed E-state index contributed by atoms with van der Waals surface area (Å²) in [7, 11) is 5.16. The van der Waals surface area contributed by atoms with E-state index in [0.29, 0.717) is 19.8 Å². The van der Waals surface area contributed by atoms with E-state index in [-0.39, 0.29) is 42.3 Å². The Labute approximate surface area is 202 Å². The molecule has 0 saturated carbocycles. The molecule has 1 aromatic carbocycles. The molecule has 2 heterocycles. The summed E-state index contributed by atoms with van der Waals surface area (Å²) in [5.41, 5.74) is 1.08. The van der Waals surface area contributed by atoms with Gasteiger partial charge in [-0.3, -0.25) is 4.79 Å². The molecule has 9 heteroatoms. The lowest BCUT2D eigenvalue weighted by Crippen LogP contribution is -2.53. The van der Waals surface area contributed by atoms with Gasteiger partial charge in [0.15, 0.2) is 11.7 Å². The van der Waals surface area contributed by atoms with Crippen molar-refractivity contribution < 1.29 is 19.0 Å². The van der Waals surface area contributed by atoms with E-state index in [2.05, 4.69) is 10.2 Å². The maximum atomic E-state index is 12.1. The Morgan fingerprint density at radius 3 is 2.58 bits per heavy atom. The number of likely N-dealkylation sites (N-methyl/N-ethyl adjacent to an activating group) is 1. The van der Waals surface area contributed by atoms with Gasteiger partial charge in [0.05, 0.1) is 33.4 Å². The van der Waals surface area contributed by atoms with Crippen LogP contribution in [0.4, 0.5) is 0 Å². The number of piperidine rings is 1. The number of aliphatic imine (C=N–C) groups is 1. The van der Waals surface area contributed by atoms with Gasteiger partial charge >= 0.3 is 0 Å². The molecule has 2 aliphatic rings. The Bertz CT molecular complexity index is 736. The summed E-state index contributed by atoms with van der Waals surface area (Å²) in [6, 6.07) is 7.87. The molecule has 174 valence electrons. The molecule has 0 radical (unpaired) electrons. The maximum Gasteiger partial charge on any atom is 0.241 e. The van der Waals surface area contributed by atoms with Gasteiger partial charge in [-0.2, -0.15) is 0 Å². The van der Waals surface area contributed by atoms with E-state index in [9.17, 15) is 4.79 Å². The number of amides is 1. The second kappa shape index (κ2) is 11.9. The van der Waals surface area contributed by atoms with Crippen molar-refractivity contribution >= 4 is 35.8 Å². The number of hydrogen-bond acceptors (Lipinski definition) is 5. The van der Waals surface area contributed by atoms with E-state index in [1.165, 1.54) is 0 Å². The zero-order valence-electron chi connectivity index (χ0n) is 18.9. The first-order valence-electron chi connectivity index (χ1n) is 10.6. The number of ether oxygens (including phenoxy) is 3. The summed E-state index contributed by atoms with van der Waals surface area (Å²) in [6.07, 6.45) is 2.08. The highest BCUT2D eigenvalue weighted by Crippen LogP contribution is 2.34. The van der Waals surface area contributed by atoms with Gasteiger partial charge in [-0.1, -0.05) is 12.1 Å². The van der Waals surface area contributed by atoms with Crippen LogP contribution in [0.1, 0.15) is 25.3 Å². The summed E-state index contributed by atoms with van der Waals surface area (Å²) in [5, 5.41) is 3.27. The summed E-state index contributed by atoms with van der Waals surface area (Å²) >= 11 is 0. The van der Waals surface area contributed by atoms with Gasteiger partial charge in [-0.25, -0.2) is 4.99 Å². The van der Waals surface area contributed by atoms with Crippen LogP contribution in [0.15, 0.2) is 29.3 Å². The first kappa shape index (κ1) is 25.7. The predicted octanol–water partition coefficient (Wildman–Crippen LogP) is 2.32. The van der Waals surface area contributed by atoms with Crippen molar-refractivity contribution in [2.75, 3.05) is 54.1 Å². The molecular weight excluding hydrogens is 511 g/mol. The van der Waals surface area contributed by atoms with Crippen molar-refractivity contribution in [3.8, 4) is 5.75 Å². The molecule has 1 atom stereocenters. The summed E-state index contributed by atoms with van der Waals surface area (Å²) in [4.78, 5) is 20.8. The van der Waals surface area contributed by atoms with Crippen LogP contribution in [-0.2, 0) is 20.8 Å². The third-order valence-electron chi connectivity index (χ3n) is 5.79. The second-order valence-electron chi connectivity index (χ2n) is 8.13. The van der Waals surface area contributed by atoms with Crippen LogP contribution < -0.4 is 10.1 Å². The third kappa shape index (κ3) is 6.95. The molecule has 2 saturated heterocycles. The Morgan fingerprint density at radius 1 is 1.29 bits per heavy atom. The molecule has 0 bridgehead atoms. The number of rotatable bonds is 6. The molecule has 1 aromatic rings. The van der Waals surface area contributed by atoms with E-state index in [4.69, 9.17) is 19.2 Å². The number of nitrogens with zero attached hydrogens (tertiary/aromatic N) is 3. The highest BCUT2D eigenvalue weighted by Gasteiger charge is 2.42. The number of carbonyl (C=O) groups is 1. The average Bonchev–Trinajstić information content (AvgIpc) is 3.22. The zero-order valence-corrected chi connectivity index (χ0v) is 21.3. The fourth-order valence-electron chi connectivity index (χ4n) is 3.84. The van der Waals surface area contributed by atoms with E-state index in [1.807, 2.05) is 31.2 Å². The number of methoxy groups -OCH3 is 1. The van der Waals surface area contributed by atoms with Crippen molar-refractivity contribution in [1.82, 2.24) is 15.1 Å². The lowest BCUT2D eigenvalue weighted by molar-refractivity contribution is -0.189. The van der Waals surface area contributed by atoms with Crippen LogP contribution >= 0.6 is 24.0 Å². The molecule has 31 heavy (non-hydrogen) atoms. The van der Waals surface area contributed by atoms with E-state index in [1.54, 1.807) is 26.1 Å². The molecule has 0 aliphatic carbocycles. The minimum Gasteiger partial charge on any atom is -0.497 e. The fourth-order valence-corrected chi connectivity index (χ4v) is 3.84. The van der Waals surface area contributed by atoms with Crippen LogP contribution in [0.25, 0.3) is 0 Å². The van der Waals surface area contributed by atoms with Crippen molar-refractivity contribution in [1.29, 1.82) is 0 Å². The molecule has 2 fully saturated rings. The van der Waals surface area contributed by atoms with Crippen LogP contribution in [0.5, 0.6) is 5.75 Å². The zero-order chi connectivity index (χ0) is 21.6. The standard InChI is InChI=1S/C22H34N4O4.HI/c1-22(29-12-13-30-22)18-6-5-11-26(16-18)21(24-15-20(27)25(2)3)23-14-17-7-9-19(28-4)10-8-17;/h7-10,18H,5-6,11-16H2,1-4H3,(H,23,24);1H. The predicted molar refractivity (Wildman–Crippen MR) is 131 cm³/mol. The minimum atomic E-state index is -0.542. The van der Waals surface area contributed by atoms with Gasteiger partial charge in [0.2, 0.25) is 5.91 Å². The first-order valence-corrected chi connectivity index (χ1v) is 10.6. The van der Waals surface area contributed by atoms with Crippen molar-refractivity contribution in [3.63, 3.8) is 0 Å². The third-order valence-corrected chi connectivity index (χ3v) is 5.79. The minimum absolute atomic E-state index is 0. The summed E-state index contributed by atoms with van der Waals surface area (Å²) in [6.45, 7) is 5.71. The number of nitrogens with one attached hydrogen (secondary N) is 1. The molecule has 2 aliphatic heterocycles. The lowest BCUT2D eigenvalue weighted by Gasteiger charge is -2.41. The number of guanidine groups is 1. The topological polar surface area (TPSA) is 75.6 Å². The molecular formula is C22H35IN4O4. The van der Waals surface area contributed by atoms with Crippen LogP contribution in [-0.4, -0.2) is 81.5 Å². The van der Waals surface area contributed by atoms with Crippen LogP contribution in [0.3, 0.4) is 0 Å². The molecule has 3 rings (SSSR count). The van der Waals surface area contributed by atoms with E-state index < -0.39 is 5.79 Å². The summed E-state index contributed by atoms with van der Waals surface area (Å²) < 4.78 is 17.0. The van der Waals surface area contributed by atoms with Gasteiger partial charge in [0.1, 0.15) is 5.75 Å². The largest absolute Gasteiger partial charge is 0.497 e. The lowest BCUT2D eigenvalue weighted by atomic mass is 9.90. The van der Waals surface area contributed by atoms with Crippen molar-refractivity contribution in [2.24, 2.45) is 10.9 Å². The van der Waals surface area contributed by atoms with Gasteiger partial charge in [-0.05, 0) is 37.5 Å². The highest BCUT2D eigenvalue weighted by molar-refractivity contribution is 14.0. The van der Waals surface area contributed by atoms with E-state index >= 15 is 0 Å². The molecule has 0 spiro atoms. The van der Waals surface area contributed by atoms with Gasteiger partial charge < -0.3 is 29.3 Å². The number of hydrogen-bond donors (Lipinski definition) is 1. The Balaban J connectivity index is 0.00000341. The number of halogens is 1. The van der Waals surface area contributed by atoms with Crippen LogP contribution in [0, 0.1) is 5.92 Å². The number of likely N-dealkylation sites (tertiary alicyclic amines) is 1. The molecule has 0 aromatic heterocycles. The van der Waals surface area contributed by atoms with E-state index in [0.717, 1.165) is 43.2 Å². The average molecular weight is 546 g/mol. The van der Waals surface area contributed by atoms with Crippen LogP contribution in [0.2, 0.25) is 0 Å². The monoisotopic (exact) mass is 546 g/mol. The normalized spacial score (nSPS) is 20.7. The SMILES string of the molecule is COc1ccc(CN=C(NCC(=O)N(C)C)N2CCCC(C3(C)OCCO3)C2)cc1.I. The van der Waals surface area contributed by atoms with Crippen molar-refractivity contribution in [2.45, 2.75) is 32.1 Å². The maximum absolute atomic E-state index is 12.1. The number of carbonyl (C=O) groups excluding carboxylic acids is 1. The summed E-state index contributed by atoms with van der Waals surface area (Å²) in [5.74, 6) is 1.29. The van der Waals surface area contributed by atoms with Gasteiger partial charge in [0, 0.05) is 33.1 Å². The Morgan fingerprint density at radius 2 is 1.97 bits per heavy atom. The van der Waals surface area contributed by atoms with Crippen molar-refractivity contribution in [3.05, 3.63) is 29.8 Å². The first-order chi connectivity index (χ1) is 14.4. The second-order valence-corrected chi connectivity index (χ2v) is 8.13. The number of benzene rings is 1. The molecule has 1 N–H and O–H groups in total. The quantitative estimate of drug-likeness (QED) is 0.336. The molecule has 1 amide bonds.